The minimum atomic E-state index is -0.881. The molecule has 1 aromatic carbocycles. The van der Waals surface area contributed by atoms with Gasteiger partial charge in [-0.1, -0.05) is 44.7 Å². The van der Waals surface area contributed by atoms with Gasteiger partial charge >= 0.3 is 5.97 Å². The van der Waals surface area contributed by atoms with Crippen LogP contribution in [0.3, 0.4) is 0 Å². The highest BCUT2D eigenvalue weighted by Crippen LogP contribution is 2.37. The van der Waals surface area contributed by atoms with E-state index >= 15 is 0 Å². The number of nitrogens with one attached hydrogen (secondary N) is 1. The summed E-state index contributed by atoms with van der Waals surface area (Å²) in [7, 11) is 0. The first kappa shape index (κ1) is 21.0. The van der Waals surface area contributed by atoms with Crippen molar-refractivity contribution in [1.29, 1.82) is 0 Å². The van der Waals surface area contributed by atoms with Crippen molar-refractivity contribution >= 4 is 34.7 Å². The quantitative estimate of drug-likeness (QED) is 0.422. The van der Waals surface area contributed by atoms with E-state index in [1.54, 1.807) is 12.1 Å². The minimum absolute atomic E-state index is 0.245. The van der Waals surface area contributed by atoms with Crippen molar-refractivity contribution in [3.05, 3.63) is 48.4 Å². The number of carboxylic acids is 1. The van der Waals surface area contributed by atoms with Gasteiger partial charge in [0.15, 0.2) is 10.9 Å². The first-order chi connectivity index (χ1) is 13.8. The molecule has 8 heteroatoms. The molecule has 2 aromatic heterocycles. The summed E-state index contributed by atoms with van der Waals surface area (Å²) in [6.07, 6.45) is 2.18. The van der Waals surface area contributed by atoms with E-state index < -0.39 is 17.4 Å². The molecular formula is C21H25N3O4S. The molecule has 154 valence electrons. The number of carbonyl (C=O) groups is 2. The molecule has 3 rings (SSSR count). The monoisotopic (exact) mass is 415 g/mol. The van der Waals surface area contributed by atoms with Gasteiger partial charge in [0.05, 0.1) is 17.3 Å². The van der Waals surface area contributed by atoms with E-state index in [1.807, 2.05) is 49.6 Å². The van der Waals surface area contributed by atoms with Gasteiger partial charge in [-0.3, -0.25) is 4.79 Å². The van der Waals surface area contributed by atoms with Gasteiger partial charge in [-0.05, 0) is 36.1 Å². The van der Waals surface area contributed by atoms with Crippen LogP contribution in [0.2, 0.25) is 0 Å². The Morgan fingerprint density at radius 2 is 2.00 bits per heavy atom. The lowest BCUT2D eigenvalue weighted by Crippen LogP contribution is -2.32. The Labute approximate surface area is 173 Å². The average molecular weight is 416 g/mol. The fourth-order valence-electron chi connectivity index (χ4n) is 3.17. The maximum Gasteiger partial charge on any atom is 0.327 e. The second-order valence-electron chi connectivity index (χ2n) is 7.80. The number of rotatable bonds is 8. The number of para-hydroxylation sites is 2. The third-order valence-corrected chi connectivity index (χ3v) is 5.50. The molecule has 0 saturated carbocycles. The summed E-state index contributed by atoms with van der Waals surface area (Å²) in [4.78, 5) is 28.6. The number of imidazole rings is 1. The van der Waals surface area contributed by atoms with Gasteiger partial charge in [-0.15, -0.1) is 0 Å². The normalized spacial score (nSPS) is 12.8. The second kappa shape index (κ2) is 8.73. The molecule has 1 unspecified atom stereocenters. The maximum atomic E-state index is 12.1. The maximum absolute atomic E-state index is 12.1. The van der Waals surface area contributed by atoms with Gasteiger partial charge in [0, 0.05) is 12.3 Å². The SMILES string of the molecule is CC(C)(C)C(C(=O)O)n1c(SCCCNC(=O)c2ccco2)nc2ccccc21. The van der Waals surface area contributed by atoms with Crippen molar-refractivity contribution in [3.63, 3.8) is 0 Å². The molecule has 2 heterocycles. The Bertz CT molecular complexity index is 989. The Morgan fingerprint density at radius 3 is 2.66 bits per heavy atom. The molecule has 2 N–H and O–H groups in total. The number of benzene rings is 1. The molecule has 0 aliphatic heterocycles. The molecule has 0 aliphatic rings. The van der Waals surface area contributed by atoms with Crippen molar-refractivity contribution in [1.82, 2.24) is 14.9 Å². The summed E-state index contributed by atoms with van der Waals surface area (Å²) >= 11 is 1.50. The van der Waals surface area contributed by atoms with Crippen LogP contribution in [0.1, 0.15) is 43.8 Å². The van der Waals surface area contributed by atoms with E-state index in [4.69, 9.17) is 4.42 Å². The summed E-state index contributed by atoms with van der Waals surface area (Å²) in [5.74, 6) is -0.147. The number of hydrogen-bond acceptors (Lipinski definition) is 5. The van der Waals surface area contributed by atoms with Crippen molar-refractivity contribution in [3.8, 4) is 0 Å². The van der Waals surface area contributed by atoms with E-state index in [2.05, 4.69) is 10.3 Å². The topological polar surface area (TPSA) is 97.4 Å². The van der Waals surface area contributed by atoms with Crippen LogP contribution in [-0.2, 0) is 4.79 Å². The van der Waals surface area contributed by atoms with E-state index in [0.717, 1.165) is 11.0 Å². The Hall–Kier alpha value is -2.74. The predicted octanol–water partition coefficient (Wildman–Crippen LogP) is 4.21. The van der Waals surface area contributed by atoms with Gasteiger partial charge < -0.3 is 19.4 Å². The second-order valence-corrected chi connectivity index (χ2v) is 8.86. The third-order valence-electron chi connectivity index (χ3n) is 4.46. The number of carbonyl (C=O) groups excluding carboxylic acids is 1. The summed E-state index contributed by atoms with van der Waals surface area (Å²) in [6.45, 7) is 6.24. The number of thioether (sulfide) groups is 1. The first-order valence-electron chi connectivity index (χ1n) is 9.43. The van der Waals surface area contributed by atoms with Crippen LogP contribution < -0.4 is 5.32 Å². The number of furan rings is 1. The highest BCUT2D eigenvalue weighted by atomic mass is 32.2. The standard InChI is InChI=1S/C21H25N3O4S/c1-21(2,3)17(19(26)27)24-15-9-5-4-8-14(15)23-20(24)29-13-7-11-22-18(25)16-10-6-12-28-16/h4-6,8-10,12,17H,7,11,13H2,1-3H3,(H,22,25)(H,26,27). The average Bonchev–Trinajstić information content (AvgIpc) is 3.29. The number of nitrogens with zero attached hydrogens (tertiary/aromatic N) is 2. The first-order valence-corrected chi connectivity index (χ1v) is 10.4. The number of carboxylic acid groups (broad SMARTS) is 1. The van der Waals surface area contributed by atoms with Crippen molar-refractivity contribution in [2.45, 2.75) is 38.4 Å². The van der Waals surface area contributed by atoms with Gasteiger partial charge in [-0.25, -0.2) is 9.78 Å². The molecule has 1 atom stereocenters. The largest absolute Gasteiger partial charge is 0.480 e. The number of aliphatic carboxylic acids is 1. The summed E-state index contributed by atoms with van der Waals surface area (Å²) in [5, 5.41) is 13.4. The molecule has 0 saturated heterocycles. The summed E-state index contributed by atoms with van der Waals surface area (Å²) in [5.41, 5.74) is 1.10. The molecule has 3 aromatic rings. The van der Waals surface area contributed by atoms with Gasteiger partial charge in [0.25, 0.3) is 5.91 Å². The number of aromatic nitrogens is 2. The molecule has 1 amide bonds. The molecule has 0 bridgehead atoms. The van der Waals surface area contributed by atoms with E-state index in [0.29, 0.717) is 23.9 Å². The van der Waals surface area contributed by atoms with Crippen LogP contribution in [0.25, 0.3) is 11.0 Å². The summed E-state index contributed by atoms with van der Waals surface area (Å²) in [6, 6.07) is 10.1. The highest BCUT2D eigenvalue weighted by Gasteiger charge is 2.35. The smallest absolute Gasteiger partial charge is 0.327 e. The molecule has 0 radical (unpaired) electrons. The molecule has 29 heavy (non-hydrogen) atoms. The molecule has 0 aliphatic carbocycles. The molecule has 7 nitrogen and oxygen atoms in total. The molecule has 0 fully saturated rings. The lowest BCUT2D eigenvalue weighted by Gasteiger charge is -2.29. The number of fused-ring (bicyclic) bond motifs is 1. The van der Waals surface area contributed by atoms with Crippen LogP contribution >= 0.6 is 11.8 Å². The Kier molecular flexibility index (Phi) is 6.32. The zero-order chi connectivity index (χ0) is 21.0. The van der Waals surface area contributed by atoms with Crippen LogP contribution in [0, 0.1) is 5.41 Å². The zero-order valence-corrected chi connectivity index (χ0v) is 17.5. The van der Waals surface area contributed by atoms with E-state index in [9.17, 15) is 14.7 Å². The number of hydrogen-bond donors (Lipinski definition) is 2. The van der Waals surface area contributed by atoms with Crippen molar-refractivity contribution in [2.24, 2.45) is 5.41 Å². The van der Waals surface area contributed by atoms with Crippen LogP contribution in [-0.4, -0.2) is 38.8 Å². The minimum Gasteiger partial charge on any atom is -0.480 e. The lowest BCUT2D eigenvalue weighted by atomic mass is 9.86. The van der Waals surface area contributed by atoms with Gasteiger partial charge in [-0.2, -0.15) is 0 Å². The fourth-order valence-corrected chi connectivity index (χ4v) is 4.15. The Balaban J connectivity index is 1.72. The molecule has 0 spiro atoms. The van der Waals surface area contributed by atoms with E-state index in [1.165, 1.54) is 18.0 Å². The highest BCUT2D eigenvalue weighted by molar-refractivity contribution is 7.99. The summed E-state index contributed by atoms with van der Waals surface area (Å²) < 4.78 is 6.89. The van der Waals surface area contributed by atoms with Crippen LogP contribution in [0.15, 0.2) is 52.2 Å². The third kappa shape index (κ3) is 4.82. The van der Waals surface area contributed by atoms with Gasteiger partial charge in [0.1, 0.15) is 6.04 Å². The Morgan fingerprint density at radius 1 is 1.24 bits per heavy atom. The molecular weight excluding hydrogens is 390 g/mol. The van der Waals surface area contributed by atoms with Gasteiger partial charge in [0.2, 0.25) is 0 Å². The van der Waals surface area contributed by atoms with Crippen molar-refractivity contribution in [2.75, 3.05) is 12.3 Å². The predicted molar refractivity (Wildman–Crippen MR) is 112 cm³/mol. The fraction of sp³-hybridized carbons (Fsp3) is 0.381. The van der Waals surface area contributed by atoms with Crippen LogP contribution in [0.4, 0.5) is 0 Å². The number of amides is 1. The van der Waals surface area contributed by atoms with Crippen LogP contribution in [0.5, 0.6) is 0 Å². The van der Waals surface area contributed by atoms with Crippen molar-refractivity contribution < 1.29 is 19.1 Å². The zero-order valence-electron chi connectivity index (χ0n) is 16.7. The van der Waals surface area contributed by atoms with E-state index in [-0.39, 0.29) is 11.7 Å². The lowest BCUT2D eigenvalue weighted by molar-refractivity contribution is -0.144.